The Bertz CT molecular complexity index is 502. The largest absolute Gasteiger partial charge is 0.467 e. The second-order valence-electron chi connectivity index (χ2n) is 4.85. The molecular formula is C13H19N3O4. The number of methoxy groups -OCH3 is 1. The van der Waals surface area contributed by atoms with Crippen LogP contribution in [0.25, 0.3) is 0 Å². The summed E-state index contributed by atoms with van der Waals surface area (Å²) in [5.74, 6) is -0.234. The van der Waals surface area contributed by atoms with Crippen LogP contribution in [0.1, 0.15) is 20.3 Å². The molecule has 0 radical (unpaired) electrons. The van der Waals surface area contributed by atoms with Crippen LogP contribution in [0.15, 0.2) is 18.2 Å². The van der Waals surface area contributed by atoms with Gasteiger partial charge in [-0.1, -0.05) is 19.9 Å². The van der Waals surface area contributed by atoms with E-state index in [1.807, 2.05) is 13.8 Å². The third-order valence-electron chi connectivity index (χ3n) is 2.77. The highest BCUT2D eigenvalue weighted by atomic mass is 16.6. The molecule has 0 bridgehead atoms. The summed E-state index contributed by atoms with van der Waals surface area (Å²) < 4.78 is 4.71. The Labute approximate surface area is 117 Å². The first-order valence-corrected chi connectivity index (χ1v) is 6.24. The van der Waals surface area contributed by atoms with Crippen molar-refractivity contribution < 1.29 is 14.5 Å². The zero-order chi connectivity index (χ0) is 15.3. The third kappa shape index (κ3) is 3.84. The van der Waals surface area contributed by atoms with Gasteiger partial charge >= 0.3 is 11.7 Å². The number of hydrogen-bond donors (Lipinski definition) is 2. The molecule has 1 unspecified atom stereocenters. The van der Waals surface area contributed by atoms with Crippen molar-refractivity contribution in [3.05, 3.63) is 28.3 Å². The van der Waals surface area contributed by atoms with Gasteiger partial charge in [-0.2, -0.15) is 0 Å². The minimum atomic E-state index is -0.652. The second kappa shape index (κ2) is 6.74. The Morgan fingerprint density at radius 1 is 1.50 bits per heavy atom. The molecule has 110 valence electrons. The van der Waals surface area contributed by atoms with Gasteiger partial charge in [-0.3, -0.25) is 10.1 Å². The fourth-order valence-corrected chi connectivity index (χ4v) is 1.90. The molecule has 0 heterocycles. The highest BCUT2D eigenvalue weighted by molar-refractivity contribution is 5.82. The van der Waals surface area contributed by atoms with Gasteiger partial charge in [0.2, 0.25) is 0 Å². The summed E-state index contributed by atoms with van der Waals surface area (Å²) in [6.45, 7) is 3.90. The summed E-state index contributed by atoms with van der Waals surface area (Å²) in [6, 6.07) is 3.90. The molecule has 0 aromatic heterocycles. The summed E-state index contributed by atoms with van der Waals surface area (Å²) in [6.07, 6.45) is 0.499. The van der Waals surface area contributed by atoms with Crippen LogP contribution in [0, 0.1) is 16.0 Å². The van der Waals surface area contributed by atoms with Crippen molar-refractivity contribution in [2.24, 2.45) is 5.92 Å². The van der Waals surface area contributed by atoms with Crippen molar-refractivity contribution in [2.75, 3.05) is 18.2 Å². The first-order chi connectivity index (χ1) is 9.36. The van der Waals surface area contributed by atoms with Gasteiger partial charge < -0.3 is 15.8 Å². The quantitative estimate of drug-likeness (QED) is 0.358. The number of nitrogens with two attached hydrogens (primary N) is 1. The minimum absolute atomic E-state index is 0.0492. The highest BCUT2D eigenvalue weighted by Crippen LogP contribution is 2.31. The first kappa shape index (κ1) is 15.7. The van der Waals surface area contributed by atoms with Crippen LogP contribution < -0.4 is 11.1 Å². The van der Waals surface area contributed by atoms with E-state index in [1.54, 1.807) is 6.07 Å². The number of ether oxygens (including phenoxy) is 1. The van der Waals surface area contributed by atoms with Crippen molar-refractivity contribution in [3.8, 4) is 0 Å². The number of nitro groups is 1. The number of anilines is 2. The number of rotatable bonds is 6. The van der Waals surface area contributed by atoms with Crippen molar-refractivity contribution in [2.45, 2.75) is 26.3 Å². The SMILES string of the molecule is COC(=O)C(CC(C)C)Nc1cccc(N)c1[N+](=O)[O-]. The summed E-state index contributed by atoms with van der Waals surface area (Å²) in [7, 11) is 1.28. The predicted octanol–water partition coefficient (Wildman–Crippen LogP) is 2.18. The van der Waals surface area contributed by atoms with E-state index in [2.05, 4.69) is 5.32 Å². The van der Waals surface area contributed by atoms with Crippen molar-refractivity contribution in [1.82, 2.24) is 0 Å². The maximum Gasteiger partial charge on any atom is 0.328 e. The Kier molecular flexibility index (Phi) is 5.31. The number of carbonyl (C=O) groups excluding carboxylic acids is 1. The summed E-state index contributed by atoms with van der Waals surface area (Å²) >= 11 is 0. The van der Waals surface area contributed by atoms with Gasteiger partial charge in [0.25, 0.3) is 0 Å². The van der Waals surface area contributed by atoms with Crippen LogP contribution in [0.3, 0.4) is 0 Å². The number of nitrogens with zero attached hydrogens (tertiary/aromatic N) is 1. The molecule has 1 aromatic rings. The van der Waals surface area contributed by atoms with E-state index >= 15 is 0 Å². The standard InChI is InChI=1S/C13H19N3O4/c1-8(2)7-11(13(17)20-3)15-10-6-4-5-9(14)12(10)16(18)19/h4-6,8,11,15H,7,14H2,1-3H3. The van der Waals surface area contributed by atoms with E-state index in [0.717, 1.165) is 0 Å². The van der Waals surface area contributed by atoms with Crippen molar-refractivity contribution in [1.29, 1.82) is 0 Å². The smallest absolute Gasteiger partial charge is 0.328 e. The normalized spacial score (nSPS) is 12.0. The molecule has 1 atom stereocenters. The van der Waals surface area contributed by atoms with Gasteiger partial charge in [-0.05, 0) is 24.5 Å². The van der Waals surface area contributed by atoms with Crippen LogP contribution in [0.5, 0.6) is 0 Å². The lowest BCUT2D eigenvalue weighted by molar-refractivity contribution is -0.383. The maximum absolute atomic E-state index is 11.7. The number of benzene rings is 1. The molecule has 0 saturated carbocycles. The lowest BCUT2D eigenvalue weighted by Crippen LogP contribution is -2.32. The molecule has 20 heavy (non-hydrogen) atoms. The molecule has 7 nitrogen and oxygen atoms in total. The molecule has 0 spiro atoms. The van der Waals surface area contributed by atoms with E-state index in [-0.39, 0.29) is 23.0 Å². The summed E-state index contributed by atoms with van der Waals surface area (Å²) in [5.41, 5.74) is 5.64. The molecule has 1 rings (SSSR count). The van der Waals surface area contributed by atoms with Crippen LogP contribution in [0.2, 0.25) is 0 Å². The fraction of sp³-hybridized carbons (Fsp3) is 0.462. The topological polar surface area (TPSA) is 107 Å². The van der Waals surface area contributed by atoms with E-state index in [9.17, 15) is 14.9 Å². The molecular weight excluding hydrogens is 262 g/mol. The number of nitro benzene ring substituents is 1. The predicted molar refractivity (Wildman–Crippen MR) is 76.4 cm³/mol. The monoisotopic (exact) mass is 281 g/mol. The average Bonchev–Trinajstić information content (AvgIpc) is 2.36. The Balaban J connectivity index is 3.08. The molecule has 0 aliphatic rings. The zero-order valence-electron chi connectivity index (χ0n) is 11.8. The molecule has 0 aliphatic heterocycles. The third-order valence-corrected chi connectivity index (χ3v) is 2.77. The van der Waals surface area contributed by atoms with Crippen LogP contribution in [-0.4, -0.2) is 24.0 Å². The van der Waals surface area contributed by atoms with Gasteiger partial charge in [0.15, 0.2) is 0 Å². The molecule has 3 N–H and O–H groups in total. The van der Waals surface area contributed by atoms with Gasteiger partial charge in [-0.25, -0.2) is 4.79 Å². The molecule has 0 amide bonds. The minimum Gasteiger partial charge on any atom is -0.467 e. The molecule has 0 saturated heterocycles. The number of para-hydroxylation sites is 1. The van der Waals surface area contributed by atoms with E-state index < -0.39 is 16.9 Å². The van der Waals surface area contributed by atoms with Crippen molar-refractivity contribution >= 4 is 23.0 Å². The number of nitrogen functional groups attached to an aromatic ring is 1. The van der Waals surface area contributed by atoms with Gasteiger partial charge in [0.05, 0.1) is 12.0 Å². The lowest BCUT2D eigenvalue weighted by Gasteiger charge is -2.19. The molecule has 0 aliphatic carbocycles. The van der Waals surface area contributed by atoms with Gasteiger partial charge in [0.1, 0.15) is 17.4 Å². The second-order valence-corrected chi connectivity index (χ2v) is 4.85. The molecule has 0 fully saturated rings. The first-order valence-electron chi connectivity index (χ1n) is 6.24. The van der Waals surface area contributed by atoms with Crippen molar-refractivity contribution in [3.63, 3.8) is 0 Å². The van der Waals surface area contributed by atoms with E-state index in [0.29, 0.717) is 6.42 Å². The number of carbonyl (C=O) groups is 1. The van der Waals surface area contributed by atoms with E-state index in [4.69, 9.17) is 10.5 Å². The Hall–Kier alpha value is -2.31. The number of nitrogens with one attached hydrogen (secondary N) is 1. The van der Waals surface area contributed by atoms with Crippen LogP contribution in [-0.2, 0) is 9.53 Å². The van der Waals surface area contributed by atoms with E-state index in [1.165, 1.54) is 19.2 Å². The summed E-state index contributed by atoms with van der Waals surface area (Å²) in [4.78, 5) is 22.2. The number of hydrogen-bond acceptors (Lipinski definition) is 6. The Morgan fingerprint density at radius 2 is 2.15 bits per heavy atom. The number of esters is 1. The average molecular weight is 281 g/mol. The molecule has 1 aromatic carbocycles. The lowest BCUT2D eigenvalue weighted by atomic mass is 10.0. The van der Waals surface area contributed by atoms with Gasteiger partial charge in [-0.15, -0.1) is 0 Å². The van der Waals surface area contributed by atoms with Crippen LogP contribution in [0.4, 0.5) is 17.1 Å². The summed E-state index contributed by atoms with van der Waals surface area (Å²) in [5, 5.41) is 13.9. The maximum atomic E-state index is 11.7. The molecule has 7 heteroatoms. The van der Waals surface area contributed by atoms with Gasteiger partial charge in [0, 0.05) is 0 Å². The Morgan fingerprint density at radius 3 is 2.65 bits per heavy atom. The fourth-order valence-electron chi connectivity index (χ4n) is 1.90. The van der Waals surface area contributed by atoms with Crippen LogP contribution >= 0.6 is 0 Å². The zero-order valence-corrected chi connectivity index (χ0v) is 11.8. The highest BCUT2D eigenvalue weighted by Gasteiger charge is 2.25.